The van der Waals surface area contributed by atoms with Gasteiger partial charge in [0.2, 0.25) is 6.54 Å². The molecule has 0 saturated heterocycles. The zero-order valence-corrected chi connectivity index (χ0v) is 9.69. The number of rotatable bonds is 5. The lowest BCUT2D eigenvalue weighted by Crippen LogP contribution is -2.20. The van der Waals surface area contributed by atoms with Gasteiger partial charge in [-0.25, -0.2) is 0 Å². The van der Waals surface area contributed by atoms with Gasteiger partial charge in [-0.2, -0.15) is 0 Å². The second kappa shape index (κ2) is 5.77. The van der Waals surface area contributed by atoms with E-state index in [1.54, 1.807) is 18.5 Å². The molecule has 0 aliphatic carbocycles. The molecule has 5 nitrogen and oxygen atoms in total. The lowest BCUT2D eigenvalue weighted by molar-refractivity contribution is -0.482. The first kappa shape index (κ1) is 12.0. The third kappa shape index (κ3) is 3.28. The van der Waals surface area contributed by atoms with Gasteiger partial charge in [-0.3, -0.25) is 15.1 Å². The van der Waals surface area contributed by atoms with E-state index in [2.05, 4.69) is 10.3 Å². The Hall–Kier alpha value is -2.43. The summed E-state index contributed by atoms with van der Waals surface area (Å²) in [7, 11) is 0. The van der Waals surface area contributed by atoms with Gasteiger partial charge in [-0.1, -0.05) is 24.3 Å². The Morgan fingerprint density at radius 1 is 1.22 bits per heavy atom. The minimum atomic E-state index is -0.379. The Morgan fingerprint density at radius 3 is 2.61 bits per heavy atom. The van der Waals surface area contributed by atoms with Gasteiger partial charge in [0.15, 0.2) is 0 Å². The number of aromatic nitrogens is 1. The zero-order valence-electron chi connectivity index (χ0n) is 9.69. The summed E-state index contributed by atoms with van der Waals surface area (Å²) in [6, 6.07) is 12.6. The molecule has 1 aromatic heterocycles. The molecule has 1 atom stereocenters. The maximum atomic E-state index is 10.7. The fourth-order valence-electron chi connectivity index (χ4n) is 1.70. The van der Waals surface area contributed by atoms with Crippen LogP contribution in [0.1, 0.15) is 11.6 Å². The Morgan fingerprint density at radius 2 is 2.00 bits per heavy atom. The molecule has 0 fully saturated rings. The molecule has 0 bridgehead atoms. The predicted octanol–water partition coefficient (Wildman–Crippen LogP) is 2.51. The Balaban J connectivity index is 2.18. The number of nitro groups is 1. The average molecular weight is 243 g/mol. The number of anilines is 1. The van der Waals surface area contributed by atoms with E-state index in [1.165, 1.54) is 0 Å². The summed E-state index contributed by atoms with van der Waals surface area (Å²) in [5.74, 6) is 0. The molecule has 5 heteroatoms. The van der Waals surface area contributed by atoms with Crippen LogP contribution in [0.4, 0.5) is 5.69 Å². The number of para-hydroxylation sites is 1. The molecular formula is C13H13N3O2. The monoisotopic (exact) mass is 243 g/mol. The third-order valence-corrected chi connectivity index (χ3v) is 2.53. The predicted molar refractivity (Wildman–Crippen MR) is 68.9 cm³/mol. The van der Waals surface area contributed by atoms with Gasteiger partial charge in [-0.15, -0.1) is 0 Å². The quantitative estimate of drug-likeness (QED) is 0.647. The first-order chi connectivity index (χ1) is 8.75. The molecule has 0 aliphatic heterocycles. The Bertz CT molecular complexity index is 502. The molecule has 2 aromatic rings. The molecule has 0 amide bonds. The summed E-state index contributed by atoms with van der Waals surface area (Å²) in [6.45, 7) is -0.180. The summed E-state index contributed by atoms with van der Waals surface area (Å²) in [5.41, 5.74) is 1.66. The van der Waals surface area contributed by atoms with Gasteiger partial charge in [0, 0.05) is 23.0 Å². The zero-order chi connectivity index (χ0) is 12.8. The number of pyridine rings is 1. The molecule has 1 aromatic carbocycles. The lowest BCUT2D eigenvalue weighted by Gasteiger charge is -2.16. The van der Waals surface area contributed by atoms with E-state index in [-0.39, 0.29) is 17.5 Å². The van der Waals surface area contributed by atoms with Crippen molar-refractivity contribution in [3.63, 3.8) is 0 Å². The van der Waals surface area contributed by atoms with Crippen molar-refractivity contribution < 1.29 is 4.92 Å². The van der Waals surface area contributed by atoms with E-state index in [1.807, 2.05) is 36.4 Å². The van der Waals surface area contributed by atoms with E-state index in [0.29, 0.717) is 0 Å². The van der Waals surface area contributed by atoms with Crippen LogP contribution in [0.15, 0.2) is 54.9 Å². The Kier molecular flexibility index (Phi) is 3.86. The van der Waals surface area contributed by atoms with Gasteiger partial charge < -0.3 is 5.32 Å². The fourth-order valence-corrected chi connectivity index (χ4v) is 1.70. The van der Waals surface area contributed by atoms with Crippen molar-refractivity contribution in [3.8, 4) is 0 Å². The SMILES string of the molecule is O=[N+]([O-])CC(Nc1ccccc1)c1cccnc1. The number of hydrogen-bond donors (Lipinski definition) is 1. The minimum absolute atomic E-state index is 0.180. The molecule has 1 unspecified atom stereocenters. The second-order valence-corrected chi connectivity index (χ2v) is 3.86. The van der Waals surface area contributed by atoms with Gasteiger partial charge in [0.05, 0.1) is 0 Å². The largest absolute Gasteiger partial charge is 0.372 e. The molecule has 0 saturated carbocycles. The van der Waals surface area contributed by atoms with E-state index < -0.39 is 0 Å². The van der Waals surface area contributed by atoms with Crippen molar-refractivity contribution in [1.29, 1.82) is 0 Å². The van der Waals surface area contributed by atoms with Crippen LogP contribution in [0.25, 0.3) is 0 Å². The third-order valence-electron chi connectivity index (χ3n) is 2.53. The minimum Gasteiger partial charge on any atom is -0.372 e. The van der Waals surface area contributed by atoms with Crippen molar-refractivity contribution in [2.24, 2.45) is 0 Å². The Labute approximate surface area is 105 Å². The van der Waals surface area contributed by atoms with Gasteiger partial charge in [0.25, 0.3) is 0 Å². The first-order valence-electron chi connectivity index (χ1n) is 5.59. The second-order valence-electron chi connectivity index (χ2n) is 3.86. The van der Waals surface area contributed by atoms with Crippen molar-refractivity contribution in [3.05, 3.63) is 70.5 Å². The smallest absolute Gasteiger partial charge is 0.227 e. The molecule has 92 valence electrons. The van der Waals surface area contributed by atoms with Crippen LogP contribution in [0.2, 0.25) is 0 Å². The molecule has 0 aliphatic rings. The summed E-state index contributed by atoms with van der Waals surface area (Å²) in [4.78, 5) is 14.4. The van der Waals surface area contributed by atoms with Crippen LogP contribution in [0.5, 0.6) is 0 Å². The van der Waals surface area contributed by atoms with Crippen LogP contribution in [-0.4, -0.2) is 16.5 Å². The number of benzene rings is 1. The summed E-state index contributed by atoms with van der Waals surface area (Å²) >= 11 is 0. The maximum Gasteiger partial charge on any atom is 0.227 e. The van der Waals surface area contributed by atoms with Crippen molar-refractivity contribution in [2.75, 3.05) is 11.9 Å². The molecule has 0 radical (unpaired) electrons. The number of hydrogen-bond acceptors (Lipinski definition) is 4. The maximum absolute atomic E-state index is 10.7. The highest BCUT2D eigenvalue weighted by molar-refractivity contribution is 5.44. The number of nitrogens with one attached hydrogen (secondary N) is 1. The molecule has 2 rings (SSSR count). The molecule has 1 heterocycles. The van der Waals surface area contributed by atoms with Crippen molar-refractivity contribution in [2.45, 2.75) is 6.04 Å². The highest BCUT2D eigenvalue weighted by Crippen LogP contribution is 2.18. The van der Waals surface area contributed by atoms with Crippen molar-refractivity contribution >= 4 is 5.69 Å². The van der Waals surface area contributed by atoms with E-state index in [4.69, 9.17) is 0 Å². The van der Waals surface area contributed by atoms with E-state index in [9.17, 15) is 10.1 Å². The highest BCUT2D eigenvalue weighted by Gasteiger charge is 2.17. The summed E-state index contributed by atoms with van der Waals surface area (Å²) < 4.78 is 0. The topological polar surface area (TPSA) is 68.1 Å². The van der Waals surface area contributed by atoms with Crippen LogP contribution < -0.4 is 5.32 Å². The van der Waals surface area contributed by atoms with Crippen LogP contribution in [0, 0.1) is 10.1 Å². The van der Waals surface area contributed by atoms with Crippen LogP contribution in [0.3, 0.4) is 0 Å². The van der Waals surface area contributed by atoms with Gasteiger partial charge in [-0.05, 0) is 23.8 Å². The highest BCUT2D eigenvalue weighted by atomic mass is 16.6. The lowest BCUT2D eigenvalue weighted by atomic mass is 10.1. The van der Waals surface area contributed by atoms with Crippen LogP contribution in [-0.2, 0) is 0 Å². The van der Waals surface area contributed by atoms with Gasteiger partial charge >= 0.3 is 0 Å². The molecule has 18 heavy (non-hydrogen) atoms. The van der Waals surface area contributed by atoms with Crippen molar-refractivity contribution in [1.82, 2.24) is 4.98 Å². The average Bonchev–Trinajstić information content (AvgIpc) is 2.40. The normalized spacial score (nSPS) is 11.8. The van der Waals surface area contributed by atoms with E-state index in [0.717, 1.165) is 11.3 Å². The standard InChI is InChI=1S/C13H13N3O2/c17-16(18)10-13(11-5-4-8-14-9-11)15-12-6-2-1-3-7-12/h1-9,13,15H,10H2. The molecular weight excluding hydrogens is 230 g/mol. The van der Waals surface area contributed by atoms with Gasteiger partial charge in [0.1, 0.15) is 6.04 Å². The number of nitrogens with zero attached hydrogens (tertiary/aromatic N) is 2. The van der Waals surface area contributed by atoms with E-state index >= 15 is 0 Å². The summed E-state index contributed by atoms with van der Waals surface area (Å²) in [6.07, 6.45) is 3.29. The fraction of sp³-hybridized carbons (Fsp3) is 0.154. The molecule has 0 spiro atoms. The molecule has 1 N–H and O–H groups in total. The van der Waals surface area contributed by atoms with Crippen LogP contribution >= 0.6 is 0 Å². The summed E-state index contributed by atoms with van der Waals surface area (Å²) in [5, 5.41) is 13.9. The first-order valence-corrected chi connectivity index (χ1v) is 5.59.